The molecule has 1 saturated carbocycles. The molecule has 27 heavy (non-hydrogen) atoms. The first-order valence-corrected chi connectivity index (χ1v) is 9.57. The number of nitrogens with zero attached hydrogens (tertiary/aromatic N) is 2. The molecule has 0 bridgehead atoms. The molecular formula is C20H22ClN3O3. The van der Waals surface area contributed by atoms with Crippen LogP contribution in [-0.4, -0.2) is 54.5 Å². The Morgan fingerprint density at radius 2 is 1.70 bits per heavy atom. The van der Waals surface area contributed by atoms with Crippen molar-refractivity contribution in [2.24, 2.45) is 0 Å². The van der Waals surface area contributed by atoms with E-state index in [1.165, 1.54) is 11.8 Å². The van der Waals surface area contributed by atoms with E-state index in [-0.39, 0.29) is 17.4 Å². The number of furan rings is 1. The molecule has 4 rings (SSSR count). The van der Waals surface area contributed by atoms with E-state index in [1.807, 2.05) is 24.3 Å². The average Bonchev–Trinajstić information content (AvgIpc) is 3.29. The fourth-order valence-corrected chi connectivity index (χ4v) is 3.67. The maximum Gasteiger partial charge on any atom is 0.317 e. The first-order valence-electron chi connectivity index (χ1n) is 9.19. The number of amides is 3. The summed E-state index contributed by atoms with van der Waals surface area (Å²) in [5.41, 5.74) is 1.26. The highest BCUT2D eigenvalue weighted by Crippen LogP contribution is 2.47. The summed E-state index contributed by atoms with van der Waals surface area (Å²) < 4.78 is 5.16. The number of carbonyl (C=O) groups is 2. The van der Waals surface area contributed by atoms with Crippen LogP contribution in [0.1, 0.15) is 29.0 Å². The summed E-state index contributed by atoms with van der Waals surface area (Å²) in [6.45, 7) is 2.68. The topological polar surface area (TPSA) is 65.8 Å². The first kappa shape index (κ1) is 17.9. The van der Waals surface area contributed by atoms with Gasteiger partial charge in [-0.25, -0.2) is 4.79 Å². The lowest BCUT2D eigenvalue weighted by Gasteiger charge is -2.34. The van der Waals surface area contributed by atoms with Gasteiger partial charge in [0.05, 0.1) is 6.26 Å². The minimum absolute atomic E-state index is 0.0390. The number of nitrogens with one attached hydrogen (secondary N) is 1. The molecule has 1 aromatic heterocycles. The van der Waals surface area contributed by atoms with E-state index in [9.17, 15) is 9.59 Å². The van der Waals surface area contributed by atoms with Crippen molar-refractivity contribution in [3.05, 3.63) is 59.0 Å². The summed E-state index contributed by atoms with van der Waals surface area (Å²) in [5.74, 6) is 0.214. The summed E-state index contributed by atoms with van der Waals surface area (Å²) in [4.78, 5) is 28.3. The van der Waals surface area contributed by atoms with Crippen molar-refractivity contribution in [2.45, 2.75) is 18.3 Å². The molecule has 6 nitrogen and oxygen atoms in total. The summed E-state index contributed by atoms with van der Waals surface area (Å²) >= 11 is 5.97. The Hall–Kier alpha value is -2.47. The summed E-state index contributed by atoms with van der Waals surface area (Å²) in [6, 6.07) is 11.2. The van der Waals surface area contributed by atoms with Crippen molar-refractivity contribution in [1.82, 2.24) is 15.1 Å². The number of hydrogen-bond donors (Lipinski definition) is 1. The largest absolute Gasteiger partial charge is 0.459 e. The Bertz CT molecular complexity index is 808. The smallest absolute Gasteiger partial charge is 0.317 e. The molecule has 1 N–H and O–H groups in total. The Morgan fingerprint density at radius 1 is 1.04 bits per heavy atom. The van der Waals surface area contributed by atoms with Gasteiger partial charge in [-0.1, -0.05) is 23.7 Å². The van der Waals surface area contributed by atoms with Gasteiger partial charge in [-0.2, -0.15) is 0 Å². The lowest BCUT2D eigenvalue weighted by atomic mass is 9.96. The molecule has 0 radical (unpaired) electrons. The molecule has 3 amide bonds. The molecule has 1 saturated heterocycles. The van der Waals surface area contributed by atoms with Crippen molar-refractivity contribution >= 4 is 23.5 Å². The number of benzene rings is 1. The first-order chi connectivity index (χ1) is 13.1. The van der Waals surface area contributed by atoms with Gasteiger partial charge < -0.3 is 19.5 Å². The summed E-state index contributed by atoms with van der Waals surface area (Å²) in [7, 11) is 0. The van der Waals surface area contributed by atoms with Crippen LogP contribution in [0.4, 0.5) is 4.79 Å². The van der Waals surface area contributed by atoms with Crippen LogP contribution in [0.25, 0.3) is 0 Å². The zero-order valence-electron chi connectivity index (χ0n) is 15.0. The van der Waals surface area contributed by atoms with Crippen LogP contribution in [0, 0.1) is 0 Å². The number of piperazine rings is 1. The lowest BCUT2D eigenvalue weighted by molar-refractivity contribution is 0.0634. The second-order valence-corrected chi connectivity index (χ2v) is 7.64. The lowest BCUT2D eigenvalue weighted by Crippen LogP contribution is -2.53. The fraction of sp³-hybridized carbons (Fsp3) is 0.400. The van der Waals surface area contributed by atoms with Gasteiger partial charge in [0.15, 0.2) is 5.76 Å². The van der Waals surface area contributed by atoms with E-state index in [1.54, 1.807) is 21.9 Å². The number of carbonyl (C=O) groups excluding carboxylic acids is 2. The molecule has 7 heteroatoms. The molecule has 2 aliphatic rings. The Labute approximate surface area is 163 Å². The van der Waals surface area contributed by atoms with Crippen LogP contribution in [0.15, 0.2) is 47.1 Å². The summed E-state index contributed by atoms with van der Waals surface area (Å²) in [5, 5.41) is 3.79. The molecule has 0 spiro atoms. The number of halogens is 1. The van der Waals surface area contributed by atoms with Gasteiger partial charge in [-0.15, -0.1) is 0 Å². The maximum absolute atomic E-state index is 12.5. The van der Waals surface area contributed by atoms with Gasteiger partial charge in [0.25, 0.3) is 5.91 Å². The highest BCUT2D eigenvalue weighted by Gasteiger charge is 2.44. The predicted molar refractivity (Wildman–Crippen MR) is 102 cm³/mol. The monoisotopic (exact) mass is 387 g/mol. The van der Waals surface area contributed by atoms with E-state index in [0.717, 1.165) is 17.9 Å². The van der Waals surface area contributed by atoms with E-state index >= 15 is 0 Å². The van der Waals surface area contributed by atoms with Gasteiger partial charge in [0.2, 0.25) is 0 Å². The third-order valence-electron chi connectivity index (χ3n) is 5.47. The van der Waals surface area contributed by atoms with Gasteiger partial charge in [-0.05, 0) is 42.7 Å². The molecule has 2 fully saturated rings. The van der Waals surface area contributed by atoms with E-state index < -0.39 is 0 Å². The number of rotatable bonds is 4. The maximum atomic E-state index is 12.5. The number of urea groups is 1. The van der Waals surface area contributed by atoms with Crippen LogP contribution in [0.2, 0.25) is 5.02 Å². The minimum atomic E-state index is -0.125. The SMILES string of the molecule is O=C(NCC1(c2ccc(Cl)cc2)CC1)N1CCN(C(=O)c2ccco2)CC1. The Kier molecular flexibility index (Phi) is 4.83. The quantitative estimate of drug-likeness (QED) is 0.876. The van der Waals surface area contributed by atoms with E-state index in [4.69, 9.17) is 16.0 Å². The molecule has 1 aliphatic carbocycles. The third-order valence-corrected chi connectivity index (χ3v) is 5.73. The van der Waals surface area contributed by atoms with Crippen molar-refractivity contribution in [3.63, 3.8) is 0 Å². The predicted octanol–water partition coefficient (Wildman–Crippen LogP) is 3.13. The zero-order valence-corrected chi connectivity index (χ0v) is 15.7. The number of hydrogen-bond acceptors (Lipinski definition) is 3. The van der Waals surface area contributed by atoms with Crippen molar-refractivity contribution in [1.29, 1.82) is 0 Å². The van der Waals surface area contributed by atoms with Crippen LogP contribution >= 0.6 is 11.6 Å². The molecule has 2 aromatic rings. The molecule has 142 valence electrons. The molecular weight excluding hydrogens is 366 g/mol. The van der Waals surface area contributed by atoms with Crippen molar-refractivity contribution < 1.29 is 14.0 Å². The van der Waals surface area contributed by atoms with Crippen LogP contribution in [0.5, 0.6) is 0 Å². The van der Waals surface area contributed by atoms with Gasteiger partial charge in [-0.3, -0.25) is 4.79 Å². The van der Waals surface area contributed by atoms with Crippen molar-refractivity contribution in [2.75, 3.05) is 32.7 Å². The Morgan fingerprint density at radius 3 is 2.30 bits per heavy atom. The molecule has 2 heterocycles. The molecule has 1 aromatic carbocycles. The minimum Gasteiger partial charge on any atom is -0.459 e. The second-order valence-electron chi connectivity index (χ2n) is 7.20. The molecule has 0 unspecified atom stereocenters. The zero-order chi connectivity index (χ0) is 18.9. The van der Waals surface area contributed by atoms with Gasteiger partial charge in [0.1, 0.15) is 0 Å². The van der Waals surface area contributed by atoms with Gasteiger partial charge in [0, 0.05) is 43.2 Å². The second kappa shape index (κ2) is 7.27. The van der Waals surface area contributed by atoms with E-state index in [0.29, 0.717) is 38.5 Å². The van der Waals surface area contributed by atoms with Crippen LogP contribution < -0.4 is 5.32 Å². The highest BCUT2D eigenvalue weighted by atomic mass is 35.5. The van der Waals surface area contributed by atoms with Crippen LogP contribution in [-0.2, 0) is 5.41 Å². The molecule has 0 atom stereocenters. The average molecular weight is 388 g/mol. The fourth-order valence-electron chi connectivity index (χ4n) is 3.55. The highest BCUT2D eigenvalue weighted by molar-refractivity contribution is 6.30. The standard InChI is InChI=1S/C20H22ClN3O3/c21-16-5-3-15(4-6-16)20(7-8-20)14-22-19(26)24-11-9-23(10-12-24)18(25)17-2-1-13-27-17/h1-6,13H,7-12,14H2,(H,22,26). The third kappa shape index (κ3) is 3.81. The van der Waals surface area contributed by atoms with Gasteiger partial charge >= 0.3 is 6.03 Å². The Balaban J connectivity index is 1.27. The normalized spacial score (nSPS) is 18.3. The molecule has 1 aliphatic heterocycles. The summed E-state index contributed by atoms with van der Waals surface area (Å²) in [6.07, 6.45) is 3.63. The van der Waals surface area contributed by atoms with Crippen LogP contribution in [0.3, 0.4) is 0 Å². The van der Waals surface area contributed by atoms with E-state index in [2.05, 4.69) is 5.32 Å². The van der Waals surface area contributed by atoms with Crippen molar-refractivity contribution in [3.8, 4) is 0 Å².